The van der Waals surface area contributed by atoms with Crippen molar-refractivity contribution < 1.29 is 14.3 Å². The summed E-state index contributed by atoms with van der Waals surface area (Å²) in [5, 5.41) is 9.18. The van der Waals surface area contributed by atoms with Crippen molar-refractivity contribution in [3.05, 3.63) is 29.6 Å². The molecular formula is C13H17FN2O2. The number of hydrogen-bond donors (Lipinski definition) is 2. The molecule has 0 aromatic heterocycles. The molecule has 0 spiro atoms. The fourth-order valence-corrected chi connectivity index (χ4v) is 2.23. The van der Waals surface area contributed by atoms with Crippen molar-refractivity contribution in [3.63, 3.8) is 0 Å². The molecule has 5 heteroatoms. The summed E-state index contributed by atoms with van der Waals surface area (Å²) in [7, 11) is 1.64. The third-order valence-corrected chi connectivity index (χ3v) is 3.31. The fourth-order valence-electron chi connectivity index (χ4n) is 2.23. The van der Waals surface area contributed by atoms with E-state index in [1.54, 1.807) is 7.05 Å². The highest BCUT2D eigenvalue weighted by atomic mass is 19.1. The van der Waals surface area contributed by atoms with E-state index in [4.69, 9.17) is 5.73 Å². The molecule has 1 amide bonds. The van der Waals surface area contributed by atoms with Gasteiger partial charge in [-0.15, -0.1) is 0 Å². The lowest BCUT2D eigenvalue weighted by molar-refractivity contribution is 0.0264. The second kappa shape index (κ2) is 4.94. The van der Waals surface area contributed by atoms with Crippen molar-refractivity contribution in [2.24, 2.45) is 5.92 Å². The second-order valence-corrected chi connectivity index (χ2v) is 4.92. The van der Waals surface area contributed by atoms with Crippen LogP contribution in [-0.4, -0.2) is 35.6 Å². The number of carbonyl (C=O) groups is 1. The Bertz CT molecular complexity index is 458. The first kappa shape index (κ1) is 12.8. The fraction of sp³-hybridized carbons (Fsp3) is 0.462. The van der Waals surface area contributed by atoms with Gasteiger partial charge in [0.2, 0.25) is 0 Å². The summed E-state index contributed by atoms with van der Waals surface area (Å²) in [4.78, 5) is 13.5. The SMILES string of the molecule is CN(CC1CC(O)C1)C(=O)c1ccc(N)cc1F. The minimum absolute atomic E-state index is 0.0339. The van der Waals surface area contributed by atoms with E-state index in [0.29, 0.717) is 31.0 Å². The molecule has 0 saturated heterocycles. The van der Waals surface area contributed by atoms with Crippen LogP contribution >= 0.6 is 0 Å². The molecule has 1 aliphatic rings. The molecule has 2 rings (SSSR count). The predicted molar refractivity (Wildman–Crippen MR) is 66.5 cm³/mol. The average Bonchev–Trinajstić information content (AvgIpc) is 2.26. The molecule has 3 N–H and O–H groups in total. The highest BCUT2D eigenvalue weighted by molar-refractivity contribution is 5.94. The van der Waals surface area contributed by atoms with Gasteiger partial charge in [0.25, 0.3) is 5.91 Å². The number of benzene rings is 1. The third-order valence-electron chi connectivity index (χ3n) is 3.31. The number of aliphatic hydroxyl groups is 1. The number of aliphatic hydroxyl groups excluding tert-OH is 1. The first-order chi connectivity index (χ1) is 8.47. The minimum Gasteiger partial charge on any atom is -0.399 e. The van der Waals surface area contributed by atoms with Crippen LogP contribution in [0.25, 0.3) is 0 Å². The van der Waals surface area contributed by atoms with E-state index in [1.165, 1.54) is 17.0 Å². The lowest BCUT2D eigenvalue weighted by Crippen LogP contribution is -2.39. The molecule has 98 valence electrons. The molecule has 1 aromatic rings. The maximum atomic E-state index is 13.6. The van der Waals surface area contributed by atoms with Crippen LogP contribution in [0.15, 0.2) is 18.2 Å². The van der Waals surface area contributed by atoms with Gasteiger partial charge in [-0.2, -0.15) is 0 Å². The number of anilines is 1. The van der Waals surface area contributed by atoms with Crippen LogP contribution in [-0.2, 0) is 0 Å². The van der Waals surface area contributed by atoms with Gasteiger partial charge in [0.1, 0.15) is 5.82 Å². The highest BCUT2D eigenvalue weighted by Gasteiger charge is 2.29. The Balaban J connectivity index is 2.01. The molecule has 1 aliphatic carbocycles. The zero-order valence-electron chi connectivity index (χ0n) is 10.3. The number of amides is 1. The van der Waals surface area contributed by atoms with Crippen LogP contribution in [0, 0.1) is 11.7 Å². The molecule has 0 aliphatic heterocycles. The van der Waals surface area contributed by atoms with Gasteiger partial charge in [0.15, 0.2) is 0 Å². The number of nitrogens with zero attached hydrogens (tertiary/aromatic N) is 1. The largest absolute Gasteiger partial charge is 0.399 e. The molecule has 1 saturated carbocycles. The van der Waals surface area contributed by atoms with Crippen LogP contribution in [0.1, 0.15) is 23.2 Å². The highest BCUT2D eigenvalue weighted by Crippen LogP contribution is 2.28. The summed E-state index contributed by atoms with van der Waals surface area (Å²) >= 11 is 0. The third kappa shape index (κ3) is 2.61. The Labute approximate surface area is 105 Å². The molecule has 0 unspecified atom stereocenters. The summed E-state index contributed by atoms with van der Waals surface area (Å²) in [5.41, 5.74) is 5.77. The quantitative estimate of drug-likeness (QED) is 0.796. The number of nitrogens with two attached hydrogens (primary N) is 1. The summed E-state index contributed by atoms with van der Waals surface area (Å²) in [6.07, 6.45) is 1.18. The number of nitrogen functional groups attached to an aromatic ring is 1. The van der Waals surface area contributed by atoms with E-state index < -0.39 is 5.82 Å². The van der Waals surface area contributed by atoms with Crippen molar-refractivity contribution >= 4 is 11.6 Å². The molecule has 1 fully saturated rings. The molecule has 4 nitrogen and oxygen atoms in total. The van der Waals surface area contributed by atoms with Crippen LogP contribution in [0.2, 0.25) is 0 Å². The molecule has 0 bridgehead atoms. The number of rotatable bonds is 3. The topological polar surface area (TPSA) is 66.6 Å². The van der Waals surface area contributed by atoms with Gasteiger partial charge in [-0.25, -0.2) is 4.39 Å². The zero-order valence-corrected chi connectivity index (χ0v) is 10.3. The van der Waals surface area contributed by atoms with Crippen LogP contribution < -0.4 is 5.73 Å². The molecule has 18 heavy (non-hydrogen) atoms. The Kier molecular flexibility index (Phi) is 3.52. The van der Waals surface area contributed by atoms with Gasteiger partial charge >= 0.3 is 0 Å². The molecule has 0 atom stereocenters. The van der Waals surface area contributed by atoms with E-state index in [9.17, 15) is 14.3 Å². The minimum atomic E-state index is -0.597. The normalized spacial score (nSPS) is 22.4. The summed E-state index contributed by atoms with van der Waals surface area (Å²) in [6, 6.07) is 4.06. The van der Waals surface area contributed by atoms with Gasteiger partial charge in [-0.05, 0) is 37.0 Å². The monoisotopic (exact) mass is 252 g/mol. The van der Waals surface area contributed by atoms with Gasteiger partial charge in [0.05, 0.1) is 11.7 Å². The van der Waals surface area contributed by atoms with Crippen molar-refractivity contribution in [1.82, 2.24) is 4.90 Å². The Morgan fingerprint density at radius 2 is 2.22 bits per heavy atom. The van der Waals surface area contributed by atoms with Gasteiger partial charge < -0.3 is 15.7 Å². The van der Waals surface area contributed by atoms with Crippen LogP contribution in [0.4, 0.5) is 10.1 Å². The van der Waals surface area contributed by atoms with Crippen molar-refractivity contribution in [2.75, 3.05) is 19.3 Å². The number of carbonyl (C=O) groups excluding carboxylic acids is 1. The second-order valence-electron chi connectivity index (χ2n) is 4.92. The number of halogens is 1. The van der Waals surface area contributed by atoms with E-state index >= 15 is 0 Å². The lowest BCUT2D eigenvalue weighted by Gasteiger charge is -2.34. The summed E-state index contributed by atoms with van der Waals surface area (Å²) < 4.78 is 13.6. The summed E-state index contributed by atoms with van der Waals surface area (Å²) in [6.45, 7) is 0.541. The summed E-state index contributed by atoms with van der Waals surface area (Å²) in [5.74, 6) is -0.639. The van der Waals surface area contributed by atoms with Gasteiger partial charge in [-0.1, -0.05) is 0 Å². The number of hydrogen-bond acceptors (Lipinski definition) is 3. The molecule has 0 heterocycles. The van der Waals surface area contributed by atoms with Crippen molar-refractivity contribution in [3.8, 4) is 0 Å². The average molecular weight is 252 g/mol. The van der Waals surface area contributed by atoms with Gasteiger partial charge in [-0.3, -0.25) is 4.79 Å². The Morgan fingerprint density at radius 3 is 2.78 bits per heavy atom. The zero-order chi connectivity index (χ0) is 13.3. The maximum absolute atomic E-state index is 13.6. The molecular weight excluding hydrogens is 235 g/mol. The first-order valence-corrected chi connectivity index (χ1v) is 5.96. The van der Waals surface area contributed by atoms with Crippen LogP contribution in [0.3, 0.4) is 0 Å². The van der Waals surface area contributed by atoms with Crippen molar-refractivity contribution in [2.45, 2.75) is 18.9 Å². The Morgan fingerprint density at radius 1 is 1.56 bits per heavy atom. The maximum Gasteiger partial charge on any atom is 0.256 e. The smallest absolute Gasteiger partial charge is 0.256 e. The van der Waals surface area contributed by atoms with E-state index in [-0.39, 0.29) is 17.6 Å². The predicted octanol–water partition coefficient (Wildman–Crippen LogP) is 1.25. The lowest BCUT2D eigenvalue weighted by atomic mass is 9.82. The van der Waals surface area contributed by atoms with E-state index in [1.807, 2.05) is 0 Å². The van der Waals surface area contributed by atoms with Gasteiger partial charge in [0, 0.05) is 19.3 Å². The van der Waals surface area contributed by atoms with E-state index in [0.717, 1.165) is 6.07 Å². The molecule has 1 aromatic carbocycles. The van der Waals surface area contributed by atoms with Crippen molar-refractivity contribution in [1.29, 1.82) is 0 Å². The van der Waals surface area contributed by atoms with E-state index in [2.05, 4.69) is 0 Å². The van der Waals surface area contributed by atoms with Crippen LogP contribution in [0.5, 0.6) is 0 Å². The standard InChI is InChI=1S/C13H17FN2O2/c1-16(7-8-4-10(17)5-8)13(18)11-3-2-9(15)6-12(11)14/h2-3,6,8,10,17H,4-5,7,15H2,1H3. The molecule has 0 radical (unpaired) electrons. The Hall–Kier alpha value is -1.62. The first-order valence-electron chi connectivity index (χ1n) is 5.96.